The third kappa shape index (κ3) is 4.70. The number of nitrogens with zero attached hydrogens (tertiary/aromatic N) is 3. The molecule has 1 aromatic heterocycles. The average Bonchev–Trinajstić information content (AvgIpc) is 3.23. The number of aromatic nitrogens is 3. The van der Waals surface area contributed by atoms with Gasteiger partial charge in [-0.2, -0.15) is 0 Å². The van der Waals surface area contributed by atoms with Crippen LogP contribution in [-0.2, 0) is 4.74 Å². The van der Waals surface area contributed by atoms with Gasteiger partial charge in [0.1, 0.15) is 0 Å². The summed E-state index contributed by atoms with van der Waals surface area (Å²) in [6, 6.07) is 23.4. The molecule has 3 aromatic carbocycles. The van der Waals surface area contributed by atoms with Crippen molar-refractivity contribution in [3.05, 3.63) is 101 Å². The van der Waals surface area contributed by atoms with Crippen molar-refractivity contribution in [1.29, 1.82) is 0 Å². The van der Waals surface area contributed by atoms with Crippen LogP contribution in [0.1, 0.15) is 26.5 Å². The SMILES string of the molecule is Cc1cccc(-n2nc(C(=O)OCC(=O)c3ccccc3)nc2-c2cccc(Cl)c2)c1. The monoisotopic (exact) mass is 431 g/mol. The molecule has 0 bridgehead atoms. The van der Waals surface area contributed by atoms with Crippen LogP contribution in [0.15, 0.2) is 78.9 Å². The molecule has 0 aliphatic heterocycles. The van der Waals surface area contributed by atoms with Crippen LogP contribution in [0.3, 0.4) is 0 Å². The van der Waals surface area contributed by atoms with Gasteiger partial charge >= 0.3 is 5.97 Å². The Morgan fingerprint density at radius 2 is 1.74 bits per heavy atom. The molecule has 0 aliphatic carbocycles. The zero-order chi connectivity index (χ0) is 21.8. The zero-order valence-electron chi connectivity index (χ0n) is 16.7. The van der Waals surface area contributed by atoms with Gasteiger partial charge in [-0.05, 0) is 36.8 Å². The largest absolute Gasteiger partial charge is 0.451 e. The van der Waals surface area contributed by atoms with Crippen molar-refractivity contribution in [1.82, 2.24) is 14.8 Å². The molecule has 0 aliphatic rings. The number of hydrogen-bond acceptors (Lipinski definition) is 5. The fraction of sp³-hybridized carbons (Fsp3) is 0.0833. The number of hydrogen-bond donors (Lipinski definition) is 0. The highest BCUT2D eigenvalue weighted by molar-refractivity contribution is 6.30. The molecule has 0 radical (unpaired) electrons. The Morgan fingerprint density at radius 3 is 2.48 bits per heavy atom. The second-order valence-electron chi connectivity index (χ2n) is 6.89. The van der Waals surface area contributed by atoms with E-state index in [0.29, 0.717) is 22.0 Å². The highest BCUT2D eigenvalue weighted by atomic mass is 35.5. The number of carbonyl (C=O) groups excluding carboxylic acids is 2. The van der Waals surface area contributed by atoms with E-state index in [1.165, 1.54) is 0 Å². The summed E-state index contributed by atoms with van der Waals surface area (Å²) in [6.07, 6.45) is 0. The third-order valence-corrected chi connectivity index (χ3v) is 4.78. The van der Waals surface area contributed by atoms with E-state index in [0.717, 1.165) is 11.3 Å². The molecule has 7 heteroatoms. The van der Waals surface area contributed by atoms with Crippen LogP contribution < -0.4 is 0 Å². The van der Waals surface area contributed by atoms with E-state index in [1.54, 1.807) is 47.1 Å². The summed E-state index contributed by atoms with van der Waals surface area (Å²) in [5.74, 6) is -0.784. The van der Waals surface area contributed by atoms with Gasteiger partial charge in [-0.25, -0.2) is 14.5 Å². The Balaban J connectivity index is 1.64. The van der Waals surface area contributed by atoms with Crippen LogP contribution in [0.2, 0.25) is 5.02 Å². The molecule has 4 aromatic rings. The lowest BCUT2D eigenvalue weighted by Crippen LogP contribution is -2.15. The molecule has 4 rings (SSSR count). The molecule has 0 unspecified atom stereocenters. The predicted molar refractivity (Wildman–Crippen MR) is 118 cm³/mol. The molecular weight excluding hydrogens is 414 g/mol. The number of carbonyl (C=O) groups is 2. The first-order chi connectivity index (χ1) is 15.0. The lowest BCUT2D eigenvalue weighted by atomic mass is 10.1. The van der Waals surface area contributed by atoms with Crippen LogP contribution in [0.5, 0.6) is 0 Å². The summed E-state index contributed by atoms with van der Waals surface area (Å²) in [5.41, 5.74) is 2.93. The quantitative estimate of drug-likeness (QED) is 0.319. The van der Waals surface area contributed by atoms with E-state index in [9.17, 15) is 9.59 Å². The number of esters is 1. The highest BCUT2D eigenvalue weighted by Gasteiger charge is 2.21. The molecule has 0 atom stereocenters. The average molecular weight is 432 g/mol. The lowest BCUT2D eigenvalue weighted by molar-refractivity contribution is 0.0462. The number of aryl methyl sites for hydroxylation is 1. The molecule has 0 saturated heterocycles. The van der Waals surface area contributed by atoms with Crippen molar-refractivity contribution in [3.63, 3.8) is 0 Å². The first kappa shape index (κ1) is 20.5. The van der Waals surface area contributed by atoms with E-state index in [2.05, 4.69) is 10.1 Å². The minimum absolute atomic E-state index is 0.141. The fourth-order valence-corrected chi connectivity index (χ4v) is 3.25. The van der Waals surface area contributed by atoms with Gasteiger partial charge in [0.2, 0.25) is 0 Å². The van der Waals surface area contributed by atoms with Crippen LogP contribution in [0.4, 0.5) is 0 Å². The van der Waals surface area contributed by atoms with E-state index in [1.807, 2.05) is 43.3 Å². The van der Waals surface area contributed by atoms with Gasteiger partial charge in [0.05, 0.1) is 5.69 Å². The number of halogens is 1. The van der Waals surface area contributed by atoms with Crippen molar-refractivity contribution < 1.29 is 14.3 Å². The summed E-state index contributed by atoms with van der Waals surface area (Å²) < 4.78 is 6.74. The Bertz CT molecular complexity index is 1190. The number of Topliss-reactive ketones (excluding diaryl/α,β-unsaturated/α-hetero) is 1. The molecule has 1 heterocycles. The van der Waals surface area contributed by atoms with Gasteiger partial charge < -0.3 is 4.74 Å². The van der Waals surface area contributed by atoms with Crippen LogP contribution in [-0.4, -0.2) is 33.1 Å². The van der Waals surface area contributed by atoms with Crippen LogP contribution in [0.25, 0.3) is 17.1 Å². The predicted octanol–water partition coefficient (Wildman–Crippen LogP) is 4.94. The topological polar surface area (TPSA) is 74.1 Å². The molecule has 31 heavy (non-hydrogen) atoms. The van der Waals surface area contributed by atoms with E-state index < -0.39 is 12.6 Å². The molecular formula is C24H18ClN3O3. The summed E-state index contributed by atoms with van der Waals surface area (Å²) in [7, 11) is 0. The summed E-state index contributed by atoms with van der Waals surface area (Å²) in [5, 5.41) is 4.89. The van der Waals surface area contributed by atoms with Gasteiger partial charge in [0.15, 0.2) is 18.2 Å². The number of rotatable bonds is 6. The lowest BCUT2D eigenvalue weighted by Gasteiger charge is -2.07. The summed E-state index contributed by atoms with van der Waals surface area (Å²) in [4.78, 5) is 29.2. The van der Waals surface area contributed by atoms with Gasteiger partial charge in [-0.3, -0.25) is 4.79 Å². The first-order valence-corrected chi connectivity index (χ1v) is 9.94. The molecule has 0 saturated carbocycles. The standard InChI is InChI=1S/C24H18ClN3O3/c1-16-7-5-12-20(13-16)28-23(18-10-6-11-19(25)14-18)26-22(27-28)24(30)31-15-21(29)17-8-3-2-4-9-17/h2-14H,15H2,1H3. The minimum Gasteiger partial charge on any atom is -0.451 e. The van der Waals surface area contributed by atoms with Crippen molar-refractivity contribution in [3.8, 4) is 17.1 Å². The van der Waals surface area contributed by atoms with Gasteiger partial charge in [0, 0.05) is 16.1 Å². The van der Waals surface area contributed by atoms with E-state index >= 15 is 0 Å². The second-order valence-corrected chi connectivity index (χ2v) is 7.32. The Labute approximate surface area is 184 Å². The number of ketones is 1. The maximum atomic E-state index is 12.6. The first-order valence-electron chi connectivity index (χ1n) is 9.57. The fourth-order valence-electron chi connectivity index (χ4n) is 3.06. The zero-order valence-corrected chi connectivity index (χ0v) is 17.4. The molecule has 154 valence electrons. The normalized spacial score (nSPS) is 10.6. The molecule has 6 nitrogen and oxygen atoms in total. The maximum Gasteiger partial charge on any atom is 0.378 e. The van der Waals surface area contributed by atoms with E-state index in [4.69, 9.17) is 16.3 Å². The van der Waals surface area contributed by atoms with Crippen LogP contribution >= 0.6 is 11.6 Å². The smallest absolute Gasteiger partial charge is 0.378 e. The highest BCUT2D eigenvalue weighted by Crippen LogP contribution is 2.24. The van der Waals surface area contributed by atoms with Crippen molar-refractivity contribution in [2.24, 2.45) is 0 Å². The Kier molecular flexibility index (Phi) is 5.91. The van der Waals surface area contributed by atoms with Gasteiger partial charge in [-0.15, -0.1) is 5.10 Å². The van der Waals surface area contributed by atoms with E-state index in [-0.39, 0.29) is 11.6 Å². The third-order valence-electron chi connectivity index (χ3n) is 4.55. The van der Waals surface area contributed by atoms with Crippen LogP contribution in [0, 0.1) is 6.92 Å². The molecule has 0 spiro atoms. The summed E-state index contributed by atoms with van der Waals surface area (Å²) in [6.45, 7) is 1.57. The Morgan fingerprint density at radius 1 is 0.968 bits per heavy atom. The van der Waals surface area contributed by atoms with Crippen molar-refractivity contribution in [2.75, 3.05) is 6.61 Å². The van der Waals surface area contributed by atoms with Gasteiger partial charge in [0.25, 0.3) is 5.82 Å². The maximum absolute atomic E-state index is 12.6. The van der Waals surface area contributed by atoms with Gasteiger partial charge in [-0.1, -0.05) is 66.2 Å². The summed E-state index contributed by atoms with van der Waals surface area (Å²) >= 11 is 6.14. The molecule has 0 N–H and O–H groups in total. The minimum atomic E-state index is -0.779. The second kappa shape index (κ2) is 8.93. The van der Waals surface area contributed by atoms with Crippen molar-refractivity contribution >= 4 is 23.4 Å². The van der Waals surface area contributed by atoms with Crippen molar-refractivity contribution in [2.45, 2.75) is 6.92 Å². The number of ether oxygens (including phenoxy) is 1. The molecule has 0 amide bonds. The number of benzene rings is 3. The molecule has 0 fully saturated rings. The Hall–Kier alpha value is -3.77.